The van der Waals surface area contributed by atoms with Gasteiger partial charge in [0.15, 0.2) is 5.16 Å². The molecular weight excluding hydrogens is 358 g/mol. The normalized spacial score (nSPS) is 15.3. The second-order valence-electron chi connectivity index (χ2n) is 6.59. The van der Waals surface area contributed by atoms with Crippen LogP contribution in [0.25, 0.3) is 10.9 Å². The van der Waals surface area contributed by atoms with E-state index < -0.39 is 0 Å². The van der Waals surface area contributed by atoms with Crippen molar-refractivity contribution >= 4 is 22.7 Å². The predicted molar refractivity (Wildman–Crippen MR) is 110 cm³/mol. The predicted octanol–water partition coefficient (Wildman–Crippen LogP) is 2.87. The summed E-state index contributed by atoms with van der Waals surface area (Å²) in [5.41, 5.74) is 1.89. The van der Waals surface area contributed by atoms with Gasteiger partial charge in [0.05, 0.1) is 30.7 Å². The van der Waals surface area contributed by atoms with Gasteiger partial charge in [-0.1, -0.05) is 54.2 Å². The van der Waals surface area contributed by atoms with E-state index in [4.69, 9.17) is 9.72 Å². The number of hydrogen-bond donors (Lipinski definition) is 0. The van der Waals surface area contributed by atoms with Crippen LogP contribution in [-0.2, 0) is 11.3 Å². The molecule has 1 aliphatic rings. The second-order valence-corrected chi connectivity index (χ2v) is 7.65. The van der Waals surface area contributed by atoms with E-state index in [0.29, 0.717) is 11.9 Å². The Hall–Kier alpha value is -2.15. The summed E-state index contributed by atoms with van der Waals surface area (Å²) in [6.07, 6.45) is 0. The second kappa shape index (κ2) is 8.69. The smallest absolute Gasteiger partial charge is 0.262 e. The Bertz CT molecular complexity index is 953. The molecule has 0 spiro atoms. The molecule has 0 amide bonds. The molecule has 140 valence electrons. The highest BCUT2D eigenvalue weighted by Crippen LogP contribution is 2.19. The van der Waals surface area contributed by atoms with Gasteiger partial charge in [0.25, 0.3) is 5.56 Å². The van der Waals surface area contributed by atoms with Crippen LogP contribution < -0.4 is 5.56 Å². The lowest BCUT2D eigenvalue weighted by molar-refractivity contribution is 0.0410. The van der Waals surface area contributed by atoms with E-state index in [1.807, 2.05) is 59.2 Å². The van der Waals surface area contributed by atoms with Crippen LogP contribution in [0, 0.1) is 0 Å². The zero-order valence-corrected chi connectivity index (χ0v) is 16.0. The Balaban J connectivity index is 1.60. The fourth-order valence-corrected chi connectivity index (χ4v) is 4.25. The molecule has 0 bridgehead atoms. The van der Waals surface area contributed by atoms with E-state index in [1.54, 1.807) is 11.8 Å². The first kappa shape index (κ1) is 18.2. The molecule has 1 aliphatic heterocycles. The van der Waals surface area contributed by atoms with Crippen molar-refractivity contribution in [3.05, 3.63) is 70.5 Å². The minimum atomic E-state index is 0.0262. The van der Waals surface area contributed by atoms with Crippen LogP contribution in [0.5, 0.6) is 0 Å². The van der Waals surface area contributed by atoms with E-state index in [0.717, 1.165) is 54.8 Å². The first-order chi connectivity index (χ1) is 13.3. The molecule has 5 nitrogen and oxygen atoms in total. The summed E-state index contributed by atoms with van der Waals surface area (Å²) in [6, 6.07) is 17.7. The topological polar surface area (TPSA) is 47.4 Å². The fraction of sp³-hybridized carbons (Fsp3) is 0.333. The Kier molecular flexibility index (Phi) is 5.87. The third-order valence-electron chi connectivity index (χ3n) is 4.75. The molecule has 0 atom stereocenters. The van der Waals surface area contributed by atoms with Crippen LogP contribution in [0.15, 0.2) is 64.5 Å². The highest BCUT2D eigenvalue weighted by Gasteiger charge is 2.14. The maximum atomic E-state index is 13.1. The van der Waals surface area contributed by atoms with E-state index in [-0.39, 0.29) is 5.56 Å². The van der Waals surface area contributed by atoms with Crippen molar-refractivity contribution < 1.29 is 4.74 Å². The SMILES string of the molecule is O=c1c2ccccc2nc(SCCN2CCOCC2)n1Cc1ccccc1. The van der Waals surface area contributed by atoms with Crippen molar-refractivity contribution in [1.29, 1.82) is 0 Å². The number of hydrogen-bond acceptors (Lipinski definition) is 5. The molecule has 0 unspecified atom stereocenters. The number of thioether (sulfide) groups is 1. The minimum Gasteiger partial charge on any atom is -0.379 e. The van der Waals surface area contributed by atoms with Crippen LogP contribution in [0.2, 0.25) is 0 Å². The van der Waals surface area contributed by atoms with Crippen LogP contribution in [-0.4, -0.2) is 53.1 Å². The monoisotopic (exact) mass is 381 g/mol. The summed E-state index contributed by atoms with van der Waals surface area (Å²) >= 11 is 1.66. The lowest BCUT2D eigenvalue weighted by Crippen LogP contribution is -2.37. The maximum absolute atomic E-state index is 13.1. The average molecular weight is 382 g/mol. The fourth-order valence-electron chi connectivity index (χ4n) is 3.25. The molecule has 3 aromatic rings. The lowest BCUT2D eigenvalue weighted by Gasteiger charge is -2.26. The van der Waals surface area contributed by atoms with Crippen molar-refractivity contribution in [2.45, 2.75) is 11.7 Å². The standard InChI is InChI=1S/C21H23N3O2S/c25-20-18-8-4-5-9-19(18)22-21(24(20)16-17-6-2-1-3-7-17)27-15-12-23-10-13-26-14-11-23/h1-9H,10-16H2. The summed E-state index contributed by atoms with van der Waals surface area (Å²) < 4.78 is 7.21. The maximum Gasteiger partial charge on any atom is 0.262 e. The summed E-state index contributed by atoms with van der Waals surface area (Å²) in [5, 5.41) is 1.46. The molecule has 1 fully saturated rings. The molecular formula is C21H23N3O2S. The molecule has 1 saturated heterocycles. The van der Waals surface area contributed by atoms with E-state index >= 15 is 0 Å². The Morgan fingerprint density at radius 3 is 2.56 bits per heavy atom. The number of fused-ring (bicyclic) bond motifs is 1. The van der Waals surface area contributed by atoms with Gasteiger partial charge >= 0.3 is 0 Å². The molecule has 0 radical (unpaired) electrons. The van der Waals surface area contributed by atoms with Gasteiger partial charge in [-0.2, -0.15) is 0 Å². The summed E-state index contributed by atoms with van der Waals surface area (Å²) in [5.74, 6) is 0.902. The Morgan fingerprint density at radius 1 is 1.00 bits per heavy atom. The van der Waals surface area contributed by atoms with Crippen molar-refractivity contribution in [3.63, 3.8) is 0 Å². The van der Waals surface area contributed by atoms with E-state index in [2.05, 4.69) is 4.90 Å². The minimum absolute atomic E-state index is 0.0262. The Morgan fingerprint density at radius 2 is 1.74 bits per heavy atom. The van der Waals surface area contributed by atoms with Crippen molar-refractivity contribution in [1.82, 2.24) is 14.5 Å². The van der Waals surface area contributed by atoms with E-state index in [9.17, 15) is 4.79 Å². The van der Waals surface area contributed by atoms with Crippen molar-refractivity contribution in [2.24, 2.45) is 0 Å². The first-order valence-corrected chi connectivity index (χ1v) is 10.3. The molecule has 0 saturated carbocycles. The average Bonchev–Trinajstić information content (AvgIpc) is 2.72. The number of para-hydroxylation sites is 1. The van der Waals surface area contributed by atoms with E-state index in [1.165, 1.54) is 0 Å². The lowest BCUT2D eigenvalue weighted by atomic mass is 10.2. The third kappa shape index (κ3) is 4.40. The highest BCUT2D eigenvalue weighted by atomic mass is 32.2. The molecule has 1 aromatic heterocycles. The third-order valence-corrected chi connectivity index (χ3v) is 5.71. The van der Waals surface area contributed by atoms with Crippen molar-refractivity contribution in [3.8, 4) is 0 Å². The van der Waals surface area contributed by atoms with Gasteiger partial charge in [0.2, 0.25) is 0 Å². The van der Waals surface area contributed by atoms with Gasteiger partial charge in [-0.25, -0.2) is 4.98 Å². The molecule has 4 rings (SSSR count). The molecule has 0 N–H and O–H groups in total. The zero-order chi connectivity index (χ0) is 18.5. The van der Waals surface area contributed by atoms with Gasteiger partial charge < -0.3 is 4.74 Å². The number of rotatable bonds is 6. The largest absolute Gasteiger partial charge is 0.379 e. The number of aromatic nitrogens is 2. The number of ether oxygens (including phenoxy) is 1. The highest BCUT2D eigenvalue weighted by molar-refractivity contribution is 7.99. The van der Waals surface area contributed by atoms with Crippen molar-refractivity contribution in [2.75, 3.05) is 38.6 Å². The number of nitrogens with zero attached hydrogens (tertiary/aromatic N) is 3. The summed E-state index contributed by atoms with van der Waals surface area (Å²) in [6.45, 7) is 5.07. The molecule has 2 heterocycles. The molecule has 27 heavy (non-hydrogen) atoms. The zero-order valence-electron chi connectivity index (χ0n) is 15.2. The molecule has 2 aromatic carbocycles. The number of morpholine rings is 1. The van der Waals surface area contributed by atoms with Gasteiger partial charge in [0, 0.05) is 25.4 Å². The quantitative estimate of drug-likeness (QED) is 0.485. The van der Waals surface area contributed by atoms with Crippen LogP contribution in [0.4, 0.5) is 0 Å². The van der Waals surface area contributed by atoms with Gasteiger partial charge in [-0.15, -0.1) is 0 Å². The van der Waals surface area contributed by atoms with Gasteiger partial charge in [-0.05, 0) is 17.7 Å². The number of benzene rings is 2. The summed E-state index contributed by atoms with van der Waals surface area (Å²) in [4.78, 5) is 20.3. The van der Waals surface area contributed by atoms with Gasteiger partial charge in [-0.3, -0.25) is 14.3 Å². The Labute approximate surface area is 163 Å². The first-order valence-electron chi connectivity index (χ1n) is 9.28. The molecule has 0 aliphatic carbocycles. The van der Waals surface area contributed by atoms with Crippen LogP contribution in [0.1, 0.15) is 5.56 Å². The summed E-state index contributed by atoms with van der Waals surface area (Å²) in [7, 11) is 0. The van der Waals surface area contributed by atoms with Crippen LogP contribution >= 0.6 is 11.8 Å². The van der Waals surface area contributed by atoms with Crippen LogP contribution in [0.3, 0.4) is 0 Å². The van der Waals surface area contributed by atoms with Gasteiger partial charge in [0.1, 0.15) is 0 Å². The molecule has 6 heteroatoms.